The maximum absolute atomic E-state index is 13.6. The van der Waals surface area contributed by atoms with Crippen molar-refractivity contribution in [2.75, 3.05) is 7.05 Å². The largest absolute Gasteiger partial charge is 0.478 e. The molecule has 21 heavy (non-hydrogen) atoms. The number of halogens is 1. The molecular weight excluding hydrogens is 289 g/mol. The van der Waals surface area contributed by atoms with Crippen LogP contribution in [-0.4, -0.2) is 23.0 Å². The van der Waals surface area contributed by atoms with Crippen LogP contribution >= 0.6 is 11.3 Å². The highest BCUT2D eigenvalue weighted by atomic mass is 32.1. The molecule has 0 aliphatic rings. The van der Waals surface area contributed by atoms with Crippen LogP contribution < -0.4 is 0 Å². The van der Waals surface area contributed by atoms with E-state index in [1.807, 2.05) is 18.5 Å². The Balaban J connectivity index is 2.07. The van der Waals surface area contributed by atoms with Crippen LogP contribution in [0, 0.1) is 5.82 Å². The predicted molar refractivity (Wildman–Crippen MR) is 82.6 cm³/mol. The third-order valence-electron chi connectivity index (χ3n) is 2.86. The molecule has 0 aliphatic heterocycles. The molecule has 0 fully saturated rings. The minimum absolute atomic E-state index is 0.359. The van der Waals surface area contributed by atoms with Crippen LogP contribution in [0.1, 0.15) is 16.0 Å². The zero-order valence-electron chi connectivity index (χ0n) is 11.6. The Bertz CT molecular complexity index is 638. The third kappa shape index (κ3) is 5.13. The lowest BCUT2D eigenvalue weighted by atomic mass is 10.1. The summed E-state index contributed by atoms with van der Waals surface area (Å²) in [6.45, 7) is 1.40. The SMILES string of the molecule is CN(Cc1cc(F)cc(C=CC(=O)O)c1)Cc1cccs1. The molecule has 5 heteroatoms. The summed E-state index contributed by atoms with van der Waals surface area (Å²) < 4.78 is 13.6. The second-order valence-corrected chi connectivity index (χ2v) is 5.85. The standard InChI is InChI=1S/C16H16FNO2S/c1-18(11-15-3-2-6-21-15)10-13-7-12(4-5-16(19)20)8-14(17)9-13/h2-9H,10-11H2,1H3,(H,19,20). The van der Waals surface area contributed by atoms with Crippen LogP contribution in [-0.2, 0) is 17.9 Å². The van der Waals surface area contributed by atoms with Gasteiger partial charge in [0.25, 0.3) is 0 Å². The molecule has 2 aromatic rings. The van der Waals surface area contributed by atoms with Gasteiger partial charge in [-0.1, -0.05) is 12.1 Å². The van der Waals surface area contributed by atoms with Crippen molar-refractivity contribution in [2.24, 2.45) is 0 Å². The molecule has 0 aliphatic carbocycles. The van der Waals surface area contributed by atoms with Gasteiger partial charge in [-0.2, -0.15) is 0 Å². The van der Waals surface area contributed by atoms with E-state index >= 15 is 0 Å². The Labute approximate surface area is 127 Å². The number of carboxylic acid groups (broad SMARTS) is 1. The van der Waals surface area contributed by atoms with Gasteiger partial charge in [-0.15, -0.1) is 11.3 Å². The quantitative estimate of drug-likeness (QED) is 0.829. The van der Waals surface area contributed by atoms with Crippen molar-refractivity contribution in [3.63, 3.8) is 0 Å². The number of aliphatic carboxylic acids is 1. The fourth-order valence-electron chi connectivity index (χ4n) is 2.07. The van der Waals surface area contributed by atoms with Crippen molar-refractivity contribution in [2.45, 2.75) is 13.1 Å². The van der Waals surface area contributed by atoms with Crippen molar-refractivity contribution in [1.82, 2.24) is 4.90 Å². The van der Waals surface area contributed by atoms with Gasteiger partial charge in [0.05, 0.1) is 0 Å². The molecule has 0 spiro atoms. The molecule has 0 bridgehead atoms. The van der Waals surface area contributed by atoms with Gasteiger partial charge in [0.1, 0.15) is 5.82 Å². The molecule has 1 aromatic heterocycles. The number of thiophene rings is 1. The molecular formula is C16H16FNO2S. The minimum Gasteiger partial charge on any atom is -0.478 e. The third-order valence-corrected chi connectivity index (χ3v) is 3.72. The number of benzene rings is 1. The molecule has 1 N–H and O–H groups in total. The first-order chi connectivity index (χ1) is 10.0. The van der Waals surface area contributed by atoms with E-state index in [4.69, 9.17) is 5.11 Å². The molecule has 1 heterocycles. The molecule has 0 unspecified atom stereocenters. The maximum atomic E-state index is 13.6. The summed E-state index contributed by atoms with van der Waals surface area (Å²) in [5, 5.41) is 10.6. The Morgan fingerprint density at radius 1 is 1.38 bits per heavy atom. The summed E-state index contributed by atoms with van der Waals surface area (Å²) in [5.74, 6) is -1.40. The van der Waals surface area contributed by atoms with Crippen molar-refractivity contribution >= 4 is 23.4 Å². The number of rotatable bonds is 6. The number of carbonyl (C=O) groups is 1. The minimum atomic E-state index is -1.05. The summed E-state index contributed by atoms with van der Waals surface area (Å²) in [6.07, 6.45) is 2.40. The summed E-state index contributed by atoms with van der Waals surface area (Å²) in [6, 6.07) is 8.66. The summed E-state index contributed by atoms with van der Waals surface area (Å²) >= 11 is 1.69. The first-order valence-electron chi connectivity index (χ1n) is 6.44. The molecule has 110 valence electrons. The van der Waals surface area contributed by atoms with E-state index < -0.39 is 5.97 Å². The average molecular weight is 305 g/mol. The first-order valence-corrected chi connectivity index (χ1v) is 7.32. The van der Waals surface area contributed by atoms with Crippen molar-refractivity contribution in [1.29, 1.82) is 0 Å². The van der Waals surface area contributed by atoms with Gasteiger partial charge in [0, 0.05) is 24.0 Å². The molecule has 0 saturated heterocycles. The van der Waals surface area contributed by atoms with E-state index in [2.05, 4.69) is 11.0 Å². The molecule has 0 amide bonds. The lowest BCUT2D eigenvalue weighted by Crippen LogP contribution is -2.16. The van der Waals surface area contributed by atoms with E-state index in [9.17, 15) is 9.18 Å². The molecule has 3 nitrogen and oxygen atoms in total. The molecule has 0 radical (unpaired) electrons. The van der Waals surface area contributed by atoms with Crippen LogP contribution in [0.25, 0.3) is 6.08 Å². The van der Waals surface area contributed by atoms with E-state index in [0.29, 0.717) is 12.1 Å². The number of hydrogen-bond acceptors (Lipinski definition) is 3. The van der Waals surface area contributed by atoms with Crippen LogP contribution in [0.5, 0.6) is 0 Å². The Morgan fingerprint density at radius 2 is 2.19 bits per heavy atom. The highest BCUT2D eigenvalue weighted by molar-refractivity contribution is 7.09. The van der Waals surface area contributed by atoms with E-state index in [0.717, 1.165) is 18.2 Å². The molecule has 2 rings (SSSR count). The van der Waals surface area contributed by atoms with Gasteiger partial charge < -0.3 is 5.11 Å². The van der Waals surface area contributed by atoms with Gasteiger partial charge in [0.15, 0.2) is 0 Å². The van der Waals surface area contributed by atoms with Crippen LogP contribution in [0.3, 0.4) is 0 Å². The maximum Gasteiger partial charge on any atom is 0.328 e. The normalized spacial score (nSPS) is 11.4. The fourth-order valence-corrected chi connectivity index (χ4v) is 2.85. The molecule has 1 aromatic carbocycles. The molecule has 0 atom stereocenters. The topological polar surface area (TPSA) is 40.5 Å². The van der Waals surface area contributed by atoms with Gasteiger partial charge >= 0.3 is 5.97 Å². The lowest BCUT2D eigenvalue weighted by Gasteiger charge is -2.16. The smallest absolute Gasteiger partial charge is 0.328 e. The zero-order valence-corrected chi connectivity index (χ0v) is 12.4. The van der Waals surface area contributed by atoms with Crippen LogP contribution in [0.4, 0.5) is 4.39 Å². The number of hydrogen-bond donors (Lipinski definition) is 1. The van der Waals surface area contributed by atoms with Gasteiger partial charge in [-0.3, -0.25) is 4.90 Å². The first kappa shape index (κ1) is 15.4. The van der Waals surface area contributed by atoms with Gasteiger partial charge in [-0.05, 0) is 47.8 Å². The number of carboxylic acids is 1. The van der Waals surface area contributed by atoms with E-state index in [-0.39, 0.29) is 5.82 Å². The monoisotopic (exact) mass is 305 g/mol. The fraction of sp³-hybridized carbons (Fsp3) is 0.188. The second-order valence-electron chi connectivity index (χ2n) is 4.82. The Kier molecular flexibility index (Phi) is 5.25. The average Bonchev–Trinajstić information content (AvgIpc) is 2.88. The highest BCUT2D eigenvalue weighted by Gasteiger charge is 2.05. The highest BCUT2D eigenvalue weighted by Crippen LogP contribution is 2.16. The van der Waals surface area contributed by atoms with Crippen molar-refractivity contribution in [3.05, 3.63) is 63.6 Å². The summed E-state index contributed by atoms with van der Waals surface area (Å²) in [7, 11) is 1.97. The van der Waals surface area contributed by atoms with E-state index in [1.54, 1.807) is 17.4 Å². The van der Waals surface area contributed by atoms with Gasteiger partial charge in [-0.25, -0.2) is 9.18 Å². The number of nitrogens with zero attached hydrogens (tertiary/aromatic N) is 1. The van der Waals surface area contributed by atoms with Gasteiger partial charge in [0.2, 0.25) is 0 Å². The summed E-state index contributed by atoms with van der Waals surface area (Å²) in [4.78, 5) is 13.8. The van der Waals surface area contributed by atoms with Crippen molar-refractivity contribution in [3.8, 4) is 0 Å². The van der Waals surface area contributed by atoms with Crippen LogP contribution in [0.15, 0.2) is 41.8 Å². The summed E-state index contributed by atoms with van der Waals surface area (Å²) in [5.41, 5.74) is 1.37. The Hall–Kier alpha value is -1.98. The predicted octanol–water partition coefficient (Wildman–Crippen LogP) is 3.62. The van der Waals surface area contributed by atoms with Crippen molar-refractivity contribution < 1.29 is 14.3 Å². The Morgan fingerprint density at radius 3 is 2.86 bits per heavy atom. The lowest BCUT2D eigenvalue weighted by molar-refractivity contribution is -0.131. The van der Waals surface area contributed by atoms with Crippen LogP contribution in [0.2, 0.25) is 0 Å². The second kappa shape index (κ2) is 7.15. The zero-order chi connectivity index (χ0) is 15.2. The molecule has 0 saturated carbocycles. The van der Waals surface area contributed by atoms with E-state index in [1.165, 1.54) is 23.1 Å².